The Morgan fingerprint density at radius 1 is 1.12 bits per heavy atom. The fraction of sp³-hybridized carbons (Fsp3) is 0.316. The second kappa shape index (κ2) is 8.64. The Morgan fingerprint density at radius 3 is 2.50 bits per heavy atom. The van der Waals surface area contributed by atoms with E-state index in [1.54, 1.807) is 24.2 Å². The van der Waals surface area contributed by atoms with Gasteiger partial charge in [-0.15, -0.1) is 11.8 Å². The molecular weight excluding hydrogens is 316 g/mol. The van der Waals surface area contributed by atoms with Gasteiger partial charge in [-0.25, -0.2) is 0 Å². The quantitative estimate of drug-likeness (QED) is 0.589. The van der Waals surface area contributed by atoms with Gasteiger partial charge >= 0.3 is 0 Å². The molecule has 0 radical (unpaired) electrons. The molecule has 0 bridgehead atoms. The van der Waals surface area contributed by atoms with Crippen LogP contribution in [-0.4, -0.2) is 31.0 Å². The first-order valence-corrected chi connectivity index (χ1v) is 9.40. The predicted octanol–water partition coefficient (Wildman–Crippen LogP) is 4.00. The first-order valence-electron chi connectivity index (χ1n) is 8.35. The van der Waals surface area contributed by atoms with Crippen LogP contribution in [0, 0.1) is 0 Å². The van der Waals surface area contributed by atoms with Gasteiger partial charge in [-0.3, -0.25) is 4.98 Å². The first kappa shape index (κ1) is 16.7. The van der Waals surface area contributed by atoms with Crippen LogP contribution < -0.4 is 15.5 Å². The lowest BCUT2D eigenvalue weighted by Gasteiger charge is -2.18. The molecule has 1 fully saturated rings. The number of benzene rings is 1. The fourth-order valence-electron chi connectivity index (χ4n) is 2.82. The summed E-state index contributed by atoms with van der Waals surface area (Å²) in [6, 6.07) is 12.8. The van der Waals surface area contributed by atoms with Crippen molar-refractivity contribution in [1.29, 1.82) is 0 Å². The Hall–Kier alpha value is -2.14. The maximum atomic E-state index is 4.02. The zero-order chi connectivity index (χ0) is 16.6. The van der Waals surface area contributed by atoms with Gasteiger partial charge in [0.05, 0.1) is 5.88 Å². The highest BCUT2D eigenvalue weighted by molar-refractivity contribution is 8.02. The predicted molar refractivity (Wildman–Crippen MR) is 105 cm³/mol. The van der Waals surface area contributed by atoms with E-state index in [9.17, 15) is 0 Å². The van der Waals surface area contributed by atoms with Crippen LogP contribution in [0.25, 0.3) is 5.70 Å². The van der Waals surface area contributed by atoms with Gasteiger partial charge in [-0.05, 0) is 48.1 Å². The lowest BCUT2D eigenvalue weighted by atomic mass is 10.1. The van der Waals surface area contributed by atoms with E-state index < -0.39 is 0 Å². The molecule has 1 aromatic carbocycles. The molecule has 0 unspecified atom stereocenters. The summed E-state index contributed by atoms with van der Waals surface area (Å²) in [5.74, 6) is 0.820. The molecule has 126 valence electrons. The van der Waals surface area contributed by atoms with Crippen LogP contribution >= 0.6 is 11.8 Å². The Morgan fingerprint density at radius 2 is 1.83 bits per heavy atom. The molecule has 1 aliphatic heterocycles. The molecule has 2 aromatic rings. The summed E-state index contributed by atoms with van der Waals surface area (Å²) in [5, 5.41) is 8.83. The van der Waals surface area contributed by atoms with Crippen LogP contribution in [-0.2, 0) is 0 Å². The highest BCUT2D eigenvalue weighted by Gasteiger charge is 2.12. The van der Waals surface area contributed by atoms with Gasteiger partial charge in [-0.2, -0.15) is 0 Å². The number of hydrogen-bond donors (Lipinski definition) is 2. The van der Waals surface area contributed by atoms with Crippen molar-refractivity contribution in [3.05, 3.63) is 59.8 Å². The maximum absolute atomic E-state index is 4.02. The Balaban J connectivity index is 1.56. The molecule has 0 spiro atoms. The summed E-state index contributed by atoms with van der Waals surface area (Å²) in [5.41, 5.74) is 4.78. The minimum atomic E-state index is 0.820. The molecule has 3 rings (SSSR count). The van der Waals surface area contributed by atoms with Crippen LogP contribution in [0.2, 0.25) is 0 Å². The molecule has 0 saturated carbocycles. The fourth-order valence-corrected chi connectivity index (χ4v) is 3.57. The molecule has 1 saturated heterocycles. The summed E-state index contributed by atoms with van der Waals surface area (Å²) in [4.78, 5) is 6.48. The molecule has 2 N–H and O–H groups in total. The van der Waals surface area contributed by atoms with Crippen LogP contribution in [0.15, 0.2) is 54.2 Å². The van der Waals surface area contributed by atoms with E-state index in [1.165, 1.54) is 37.2 Å². The number of pyridine rings is 1. The lowest BCUT2D eigenvalue weighted by Crippen LogP contribution is -2.17. The van der Waals surface area contributed by atoms with E-state index in [-0.39, 0.29) is 0 Å². The van der Waals surface area contributed by atoms with E-state index >= 15 is 0 Å². The maximum Gasteiger partial charge on any atom is 0.0652 e. The molecule has 2 heterocycles. The monoisotopic (exact) mass is 340 g/mol. The molecule has 0 amide bonds. The van der Waals surface area contributed by atoms with Gasteiger partial charge < -0.3 is 15.5 Å². The smallest absolute Gasteiger partial charge is 0.0652 e. The summed E-state index contributed by atoms with van der Waals surface area (Å²) in [7, 11) is 1.97. The average Bonchev–Trinajstić information content (AvgIpc) is 3.18. The highest BCUT2D eigenvalue weighted by atomic mass is 32.2. The van der Waals surface area contributed by atoms with Crippen LogP contribution in [0.4, 0.5) is 11.4 Å². The number of thioether (sulfide) groups is 1. The van der Waals surface area contributed by atoms with Gasteiger partial charge in [0.15, 0.2) is 0 Å². The number of hydrogen-bond acceptors (Lipinski definition) is 5. The van der Waals surface area contributed by atoms with Gasteiger partial charge in [-0.1, -0.05) is 12.1 Å². The Kier molecular flexibility index (Phi) is 6.01. The van der Waals surface area contributed by atoms with Gasteiger partial charge in [0, 0.05) is 49.6 Å². The minimum Gasteiger partial charge on any atom is -0.387 e. The summed E-state index contributed by atoms with van der Waals surface area (Å²) < 4.78 is 0. The number of rotatable bonds is 7. The SMILES string of the molecule is CN/C(=C\SCNc1ccncc1)c1ccc(N2CCCC2)cc1. The van der Waals surface area contributed by atoms with E-state index in [4.69, 9.17) is 0 Å². The largest absolute Gasteiger partial charge is 0.387 e. The van der Waals surface area contributed by atoms with Crippen molar-refractivity contribution in [2.45, 2.75) is 12.8 Å². The third-order valence-electron chi connectivity index (χ3n) is 4.16. The lowest BCUT2D eigenvalue weighted by molar-refractivity contribution is 0.949. The van der Waals surface area contributed by atoms with E-state index in [0.717, 1.165) is 17.3 Å². The van der Waals surface area contributed by atoms with Crippen molar-refractivity contribution in [2.75, 3.05) is 36.2 Å². The van der Waals surface area contributed by atoms with Crippen molar-refractivity contribution < 1.29 is 0 Å². The molecule has 1 aromatic heterocycles. The normalized spacial score (nSPS) is 14.7. The van der Waals surface area contributed by atoms with Crippen molar-refractivity contribution in [2.24, 2.45) is 0 Å². The molecule has 24 heavy (non-hydrogen) atoms. The molecule has 4 nitrogen and oxygen atoms in total. The van der Waals surface area contributed by atoms with Crippen molar-refractivity contribution >= 4 is 28.8 Å². The minimum absolute atomic E-state index is 0.820. The molecule has 5 heteroatoms. The zero-order valence-corrected chi connectivity index (χ0v) is 14.9. The molecule has 0 aliphatic carbocycles. The molecule has 1 aliphatic rings. The van der Waals surface area contributed by atoms with Crippen molar-refractivity contribution in [3.63, 3.8) is 0 Å². The highest BCUT2D eigenvalue weighted by Crippen LogP contribution is 2.23. The van der Waals surface area contributed by atoms with Crippen LogP contribution in [0.1, 0.15) is 18.4 Å². The van der Waals surface area contributed by atoms with Gasteiger partial charge in [0.1, 0.15) is 0 Å². The number of nitrogens with zero attached hydrogens (tertiary/aromatic N) is 2. The molecule has 0 atom stereocenters. The second-order valence-electron chi connectivity index (χ2n) is 5.75. The Labute approximate surface area is 148 Å². The van der Waals surface area contributed by atoms with Crippen LogP contribution in [0.3, 0.4) is 0 Å². The van der Waals surface area contributed by atoms with E-state index in [2.05, 4.69) is 50.2 Å². The Bertz CT molecular complexity index is 649. The summed E-state index contributed by atoms with van der Waals surface area (Å²) in [6.45, 7) is 2.37. The summed E-state index contributed by atoms with van der Waals surface area (Å²) in [6.07, 6.45) is 6.21. The van der Waals surface area contributed by atoms with Crippen molar-refractivity contribution in [1.82, 2.24) is 10.3 Å². The standard InChI is InChI=1S/C19H24N4S/c1-20-19(14-24-15-22-17-8-10-21-11-9-17)16-4-6-18(7-5-16)23-12-2-3-13-23/h4-11,14,20H,2-3,12-13,15H2,1H3,(H,21,22)/b19-14-. The third kappa shape index (κ3) is 4.45. The average molecular weight is 340 g/mol. The number of anilines is 2. The zero-order valence-electron chi connectivity index (χ0n) is 14.0. The number of nitrogens with one attached hydrogen (secondary N) is 2. The molecular formula is C19H24N4S. The summed E-state index contributed by atoms with van der Waals surface area (Å²) >= 11 is 1.74. The number of aromatic nitrogens is 1. The third-order valence-corrected chi connectivity index (χ3v) is 4.87. The first-order chi connectivity index (χ1) is 11.9. The van der Waals surface area contributed by atoms with Crippen molar-refractivity contribution in [3.8, 4) is 0 Å². The van der Waals surface area contributed by atoms with E-state index in [1.807, 2.05) is 19.2 Å². The van der Waals surface area contributed by atoms with Gasteiger partial charge in [0.25, 0.3) is 0 Å². The van der Waals surface area contributed by atoms with E-state index in [0.29, 0.717) is 0 Å². The van der Waals surface area contributed by atoms with Gasteiger partial charge in [0.2, 0.25) is 0 Å². The topological polar surface area (TPSA) is 40.2 Å². The van der Waals surface area contributed by atoms with Crippen LogP contribution in [0.5, 0.6) is 0 Å². The second-order valence-corrected chi connectivity index (χ2v) is 6.60.